The first-order valence-electron chi connectivity index (χ1n) is 2.13. The van der Waals surface area contributed by atoms with Crippen LogP contribution < -0.4 is 4.89 Å². The summed E-state index contributed by atoms with van der Waals surface area (Å²) in [6.45, 7) is 3.53. The maximum atomic E-state index is 5.40. The molecule has 0 atom stereocenters. The van der Waals surface area contributed by atoms with Gasteiger partial charge in [0.25, 0.3) is 0 Å². The molecule has 7 heavy (non-hydrogen) atoms. The summed E-state index contributed by atoms with van der Waals surface area (Å²) in [6, 6.07) is 0. The number of hydrogen-bond donors (Lipinski definition) is 1. The van der Waals surface area contributed by atoms with Crippen LogP contribution in [0.15, 0.2) is 12.7 Å². The fourth-order valence-electron chi connectivity index (χ4n) is 0.221. The average Bonchev–Trinajstić information content (AvgIpc) is 1.69. The van der Waals surface area contributed by atoms with E-state index in [4.69, 9.17) is 11.1 Å². The highest BCUT2D eigenvalue weighted by molar-refractivity contribution is 6.94. The number of rotatable bonds is 4. The molecule has 0 saturated heterocycles. The summed E-state index contributed by atoms with van der Waals surface area (Å²) < 4.78 is 0. The van der Waals surface area contributed by atoms with Crippen LogP contribution in [0.5, 0.6) is 0 Å². The van der Waals surface area contributed by atoms with Crippen LogP contribution in [-0.2, 0) is 0 Å². The monoisotopic (exact) mass is 132 g/mol. The molecule has 0 aliphatic rings. The first-order valence-corrected chi connectivity index (χ1v) is 4.98. The Labute approximate surface area is 52.0 Å². The van der Waals surface area contributed by atoms with Gasteiger partial charge in [0.15, 0.2) is 8.99 Å². The molecule has 0 saturated carbocycles. The molecule has 0 aliphatic heterocycles. The molecule has 0 aromatic carbocycles. The zero-order valence-electron chi connectivity index (χ0n) is 4.15. The van der Waals surface area contributed by atoms with Crippen LogP contribution in [0.4, 0.5) is 0 Å². The minimum atomic E-state index is -0.487. The van der Waals surface area contributed by atoms with E-state index in [0.717, 1.165) is 6.32 Å². The molecule has 0 unspecified atom stereocenters. The summed E-state index contributed by atoms with van der Waals surface area (Å²) in [5, 5.41) is 0. The van der Waals surface area contributed by atoms with Crippen LogP contribution in [0.1, 0.15) is 0 Å². The third-order valence-electron chi connectivity index (χ3n) is 0.506. The molecule has 0 spiro atoms. The van der Waals surface area contributed by atoms with Gasteiger partial charge < -0.3 is 4.89 Å². The lowest BCUT2D eigenvalue weighted by atomic mass is 9.92. The Bertz CT molecular complexity index is 52.2. The van der Waals surface area contributed by atoms with Crippen LogP contribution >= 0.6 is 11.1 Å². The number of hydrogen-bond acceptors (Lipinski definition) is 1. The van der Waals surface area contributed by atoms with E-state index in [2.05, 4.69) is 11.5 Å². The van der Waals surface area contributed by atoms with Crippen molar-refractivity contribution in [1.82, 2.24) is 4.89 Å². The molecule has 0 rings (SSSR count). The second-order valence-corrected chi connectivity index (χ2v) is 2.54. The van der Waals surface area contributed by atoms with Gasteiger partial charge >= 0.3 is 0 Å². The summed E-state index contributed by atoms with van der Waals surface area (Å²) in [6.07, 6.45) is 2.73. The third kappa shape index (κ3) is 6.27. The predicted molar refractivity (Wildman–Crippen MR) is 38.3 cm³/mol. The van der Waals surface area contributed by atoms with E-state index in [1.54, 1.807) is 0 Å². The first-order chi connectivity index (χ1) is 3.41. The highest BCUT2D eigenvalue weighted by Gasteiger charge is 1.80. The SMILES string of the molecule is C=CC[B]N[SiH2]Cl. The highest BCUT2D eigenvalue weighted by atomic mass is 35.6. The number of allylic oxidation sites excluding steroid dienone is 1. The molecule has 0 aliphatic carbocycles. The lowest BCUT2D eigenvalue weighted by Gasteiger charge is -1.87. The van der Waals surface area contributed by atoms with Crippen molar-refractivity contribution in [3.05, 3.63) is 12.7 Å². The zero-order chi connectivity index (χ0) is 5.54. The Morgan fingerprint density at radius 1 is 2.00 bits per heavy atom. The van der Waals surface area contributed by atoms with Gasteiger partial charge in [0.1, 0.15) is 0 Å². The molecule has 39 valence electrons. The first kappa shape index (κ1) is 7.27. The lowest BCUT2D eigenvalue weighted by molar-refractivity contribution is 1.53. The highest BCUT2D eigenvalue weighted by Crippen LogP contribution is 1.72. The number of nitrogens with one attached hydrogen (secondary N) is 1. The maximum absolute atomic E-state index is 5.40. The van der Waals surface area contributed by atoms with Crippen molar-refractivity contribution < 1.29 is 0 Å². The van der Waals surface area contributed by atoms with Crippen LogP contribution in [0.2, 0.25) is 6.32 Å². The van der Waals surface area contributed by atoms with Crippen LogP contribution in [0, 0.1) is 0 Å². The summed E-state index contributed by atoms with van der Waals surface area (Å²) >= 11 is 5.40. The van der Waals surface area contributed by atoms with Gasteiger partial charge in [0, 0.05) is 0 Å². The van der Waals surface area contributed by atoms with Gasteiger partial charge in [-0.25, -0.2) is 0 Å². The second-order valence-electron chi connectivity index (χ2n) is 1.07. The van der Waals surface area contributed by atoms with Crippen molar-refractivity contribution in [2.45, 2.75) is 6.32 Å². The Kier molecular flexibility index (Phi) is 6.52. The Morgan fingerprint density at radius 2 is 2.71 bits per heavy atom. The molecule has 1 radical (unpaired) electrons. The average molecular weight is 132 g/mol. The minimum absolute atomic E-state index is 0.487. The van der Waals surface area contributed by atoms with Crippen LogP contribution in [0.3, 0.4) is 0 Å². The normalized spacial score (nSPS) is 9.86. The molecule has 0 bridgehead atoms. The zero-order valence-corrected chi connectivity index (χ0v) is 6.32. The van der Waals surface area contributed by atoms with Crippen molar-refractivity contribution >= 4 is 27.5 Å². The standard InChI is InChI=1S/C3H8BClNSi/c1-2-3-4-6-7-5/h2,6H,1,3,7H2. The van der Waals surface area contributed by atoms with Crippen molar-refractivity contribution in [1.29, 1.82) is 0 Å². The lowest BCUT2D eigenvalue weighted by Crippen LogP contribution is -2.18. The molecule has 4 heteroatoms. The van der Waals surface area contributed by atoms with Gasteiger partial charge in [0.2, 0.25) is 7.41 Å². The molecular weight excluding hydrogens is 124 g/mol. The molecule has 0 heterocycles. The van der Waals surface area contributed by atoms with Gasteiger partial charge in [-0.15, -0.1) is 6.58 Å². The van der Waals surface area contributed by atoms with E-state index < -0.39 is 8.99 Å². The van der Waals surface area contributed by atoms with Crippen molar-refractivity contribution in [2.75, 3.05) is 0 Å². The number of halogens is 1. The topological polar surface area (TPSA) is 12.0 Å². The van der Waals surface area contributed by atoms with Crippen molar-refractivity contribution in [2.24, 2.45) is 0 Å². The summed E-state index contributed by atoms with van der Waals surface area (Å²) in [4.78, 5) is 2.96. The quantitative estimate of drug-likeness (QED) is 0.246. The van der Waals surface area contributed by atoms with Crippen LogP contribution in [-0.4, -0.2) is 16.4 Å². The van der Waals surface area contributed by atoms with Crippen molar-refractivity contribution in [3.8, 4) is 0 Å². The van der Waals surface area contributed by atoms with Gasteiger partial charge in [-0.05, 0) is 6.32 Å². The molecule has 1 nitrogen and oxygen atoms in total. The van der Waals surface area contributed by atoms with Gasteiger partial charge in [0.05, 0.1) is 0 Å². The summed E-state index contributed by atoms with van der Waals surface area (Å²) in [5.74, 6) is 0. The molecule has 0 amide bonds. The molecule has 0 aromatic rings. The second kappa shape index (κ2) is 6.27. The molecule has 1 N–H and O–H groups in total. The fraction of sp³-hybridized carbons (Fsp3) is 0.333. The molecular formula is C3H8BClNSi. The Balaban J connectivity index is 2.56. The van der Waals surface area contributed by atoms with E-state index in [1.165, 1.54) is 0 Å². The predicted octanol–water partition coefficient (Wildman–Crippen LogP) is 0.0371. The van der Waals surface area contributed by atoms with Crippen LogP contribution in [0.25, 0.3) is 0 Å². The smallest absolute Gasteiger partial charge is 0.202 e. The van der Waals surface area contributed by atoms with E-state index in [-0.39, 0.29) is 0 Å². The third-order valence-corrected chi connectivity index (χ3v) is 1.41. The van der Waals surface area contributed by atoms with Crippen molar-refractivity contribution in [3.63, 3.8) is 0 Å². The largest absolute Gasteiger partial charge is 0.376 e. The summed E-state index contributed by atoms with van der Waals surface area (Å²) in [5.41, 5.74) is 0. The maximum Gasteiger partial charge on any atom is 0.202 e. The molecule has 0 fully saturated rings. The Hall–Kier alpha value is 0.272. The van der Waals surface area contributed by atoms with Gasteiger partial charge in [-0.3, -0.25) is 0 Å². The van der Waals surface area contributed by atoms with E-state index in [1.807, 2.05) is 13.5 Å². The van der Waals surface area contributed by atoms with Gasteiger partial charge in [-0.2, -0.15) is 11.1 Å². The van der Waals surface area contributed by atoms with E-state index in [0.29, 0.717) is 0 Å². The van der Waals surface area contributed by atoms with E-state index >= 15 is 0 Å². The fourth-order valence-corrected chi connectivity index (χ4v) is 0.824. The molecule has 0 aromatic heterocycles. The minimum Gasteiger partial charge on any atom is -0.376 e. The summed E-state index contributed by atoms with van der Waals surface area (Å²) in [7, 11) is 1.44. The van der Waals surface area contributed by atoms with Gasteiger partial charge in [-0.1, -0.05) is 6.08 Å². The van der Waals surface area contributed by atoms with E-state index in [9.17, 15) is 0 Å². The Morgan fingerprint density at radius 3 is 3.14 bits per heavy atom.